The number of aliphatic carboxylic acids is 1. The van der Waals surface area contributed by atoms with Crippen molar-refractivity contribution in [2.24, 2.45) is 0 Å². The molecule has 2 N–H and O–H groups in total. The SMILES string of the molecule is CCC(NC(=O)C1SCCc2ccccc21)C(=O)O. The Morgan fingerprint density at radius 1 is 1.47 bits per heavy atom. The molecule has 0 saturated heterocycles. The molecule has 0 aliphatic carbocycles. The molecule has 5 heteroatoms. The van der Waals surface area contributed by atoms with Gasteiger partial charge in [-0.1, -0.05) is 31.2 Å². The molecule has 1 amide bonds. The summed E-state index contributed by atoms with van der Waals surface area (Å²) < 4.78 is 0. The summed E-state index contributed by atoms with van der Waals surface area (Å²) in [6, 6.07) is 7.06. The van der Waals surface area contributed by atoms with Crippen molar-refractivity contribution in [3.05, 3.63) is 35.4 Å². The van der Waals surface area contributed by atoms with Crippen molar-refractivity contribution in [1.82, 2.24) is 5.32 Å². The van der Waals surface area contributed by atoms with E-state index in [1.807, 2.05) is 24.3 Å². The van der Waals surface area contributed by atoms with Crippen LogP contribution in [-0.4, -0.2) is 28.8 Å². The lowest BCUT2D eigenvalue weighted by Crippen LogP contribution is -2.42. The minimum atomic E-state index is -0.982. The summed E-state index contributed by atoms with van der Waals surface area (Å²) in [6.45, 7) is 1.75. The first-order chi connectivity index (χ1) is 9.13. The Bertz CT molecular complexity index is 489. The largest absolute Gasteiger partial charge is 0.480 e. The van der Waals surface area contributed by atoms with Crippen LogP contribution in [-0.2, 0) is 16.0 Å². The lowest BCUT2D eigenvalue weighted by Gasteiger charge is -2.25. The van der Waals surface area contributed by atoms with Gasteiger partial charge in [0.05, 0.1) is 0 Å². The maximum Gasteiger partial charge on any atom is 0.326 e. The van der Waals surface area contributed by atoms with Crippen LogP contribution in [0.25, 0.3) is 0 Å². The van der Waals surface area contributed by atoms with Gasteiger partial charge in [-0.05, 0) is 29.7 Å². The lowest BCUT2D eigenvalue weighted by molar-refractivity contribution is -0.141. The van der Waals surface area contributed by atoms with Crippen LogP contribution in [0, 0.1) is 0 Å². The smallest absolute Gasteiger partial charge is 0.326 e. The van der Waals surface area contributed by atoms with Crippen molar-refractivity contribution < 1.29 is 14.7 Å². The average Bonchev–Trinajstić information content (AvgIpc) is 2.43. The van der Waals surface area contributed by atoms with Gasteiger partial charge in [-0.3, -0.25) is 4.79 Å². The molecule has 1 heterocycles. The van der Waals surface area contributed by atoms with Gasteiger partial charge in [0.1, 0.15) is 11.3 Å². The van der Waals surface area contributed by atoms with Crippen LogP contribution in [0.15, 0.2) is 24.3 Å². The zero-order chi connectivity index (χ0) is 13.8. The Morgan fingerprint density at radius 2 is 2.21 bits per heavy atom. The minimum absolute atomic E-state index is 0.202. The van der Waals surface area contributed by atoms with Gasteiger partial charge >= 0.3 is 5.97 Å². The molecule has 0 fully saturated rings. The zero-order valence-corrected chi connectivity index (χ0v) is 11.6. The molecule has 0 radical (unpaired) electrons. The quantitative estimate of drug-likeness (QED) is 0.884. The van der Waals surface area contributed by atoms with Crippen LogP contribution < -0.4 is 5.32 Å². The van der Waals surface area contributed by atoms with Crippen LogP contribution >= 0.6 is 11.8 Å². The highest BCUT2D eigenvalue weighted by Gasteiger charge is 2.29. The van der Waals surface area contributed by atoms with E-state index < -0.39 is 12.0 Å². The fourth-order valence-electron chi connectivity index (χ4n) is 2.20. The Morgan fingerprint density at radius 3 is 2.89 bits per heavy atom. The number of carbonyl (C=O) groups excluding carboxylic acids is 1. The summed E-state index contributed by atoms with van der Waals surface area (Å²) in [5, 5.41) is 11.3. The second-order valence-electron chi connectivity index (χ2n) is 4.51. The molecule has 2 rings (SSSR count). The number of amides is 1. The number of carboxylic acids is 1. The van der Waals surface area contributed by atoms with Crippen molar-refractivity contribution in [2.45, 2.75) is 31.1 Å². The van der Waals surface area contributed by atoms with Crippen molar-refractivity contribution >= 4 is 23.6 Å². The van der Waals surface area contributed by atoms with Gasteiger partial charge in [0.2, 0.25) is 5.91 Å². The molecule has 102 valence electrons. The van der Waals surface area contributed by atoms with Gasteiger partial charge in [0, 0.05) is 0 Å². The molecule has 1 aromatic carbocycles. The molecule has 2 atom stereocenters. The summed E-state index contributed by atoms with van der Waals surface area (Å²) in [4.78, 5) is 23.2. The predicted molar refractivity (Wildman–Crippen MR) is 75.2 cm³/mol. The fourth-order valence-corrected chi connectivity index (χ4v) is 3.40. The van der Waals surface area contributed by atoms with E-state index in [0.717, 1.165) is 17.7 Å². The van der Waals surface area contributed by atoms with Crippen LogP contribution in [0.3, 0.4) is 0 Å². The summed E-state index contributed by atoms with van der Waals surface area (Å²) in [5.41, 5.74) is 2.20. The molecule has 4 nitrogen and oxygen atoms in total. The molecule has 0 bridgehead atoms. The summed E-state index contributed by atoms with van der Waals surface area (Å²) in [7, 11) is 0. The number of fused-ring (bicyclic) bond motifs is 1. The number of benzene rings is 1. The molecule has 0 spiro atoms. The van der Waals surface area contributed by atoms with E-state index in [1.165, 1.54) is 5.56 Å². The predicted octanol–water partition coefficient (Wildman–Crippen LogP) is 2.00. The Balaban J connectivity index is 2.15. The van der Waals surface area contributed by atoms with E-state index in [-0.39, 0.29) is 11.2 Å². The Kier molecular flexibility index (Phi) is 4.47. The first-order valence-corrected chi connectivity index (χ1v) is 7.41. The van der Waals surface area contributed by atoms with Crippen molar-refractivity contribution in [3.8, 4) is 0 Å². The highest BCUT2D eigenvalue weighted by atomic mass is 32.2. The molecule has 1 aliphatic rings. The first-order valence-electron chi connectivity index (χ1n) is 6.36. The molecule has 1 aromatic rings. The minimum Gasteiger partial charge on any atom is -0.480 e. The van der Waals surface area contributed by atoms with Crippen molar-refractivity contribution in [2.75, 3.05) is 5.75 Å². The molecular weight excluding hydrogens is 262 g/mol. The standard InChI is InChI=1S/C14H17NO3S/c1-2-11(14(17)18)15-13(16)12-10-6-4-3-5-9(10)7-8-19-12/h3-6,11-12H,2,7-8H2,1H3,(H,15,16)(H,17,18). The number of rotatable bonds is 4. The van der Waals surface area contributed by atoms with Gasteiger partial charge in [-0.25, -0.2) is 4.79 Å². The Hall–Kier alpha value is -1.49. The van der Waals surface area contributed by atoms with E-state index in [0.29, 0.717) is 6.42 Å². The van der Waals surface area contributed by atoms with E-state index >= 15 is 0 Å². The second kappa shape index (κ2) is 6.10. The number of hydrogen-bond acceptors (Lipinski definition) is 3. The van der Waals surface area contributed by atoms with Gasteiger partial charge in [0.15, 0.2) is 0 Å². The maximum atomic E-state index is 12.2. The van der Waals surface area contributed by atoms with Crippen LogP contribution in [0.5, 0.6) is 0 Å². The number of carbonyl (C=O) groups is 2. The second-order valence-corrected chi connectivity index (χ2v) is 5.72. The molecule has 19 heavy (non-hydrogen) atoms. The highest BCUT2D eigenvalue weighted by Crippen LogP contribution is 2.36. The van der Waals surface area contributed by atoms with E-state index in [9.17, 15) is 9.59 Å². The topological polar surface area (TPSA) is 66.4 Å². The van der Waals surface area contributed by atoms with E-state index in [1.54, 1.807) is 18.7 Å². The van der Waals surface area contributed by atoms with Crippen LogP contribution in [0.4, 0.5) is 0 Å². The van der Waals surface area contributed by atoms with E-state index in [2.05, 4.69) is 5.32 Å². The normalized spacial score (nSPS) is 19.3. The lowest BCUT2D eigenvalue weighted by atomic mass is 10.0. The van der Waals surface area contributed by atoms with Crippen molar-refractivity contribution in [3.63, 3.8) is 0 Å². The molecule has 0 saturated carbocycles. The third kappa shape index (κ3) is 3.10. The number of carboxylic acid groups (broad SMARTS) is 1. The van der Waals surface area contributed by atoms with Crippen molar-refractivity contribution in [1.29, 1.82) is 0 Å². The first kappa shape index (κ1) is 13.9. The van der Waals surface area contributed by atoms with Gasteiger partial charge in [-0.15, -0.1) is 11.8 Å². The summed E-state index contributed by atoms with van der Waals surface area (Å²) >= 11 is 1.57. The van der Waals surface area contributed by atoms with E-state index in [4.69, 9.17) is 5.11 Å². The molecule has 0 aromatic heterocycles. The monoisotopic (exact) mass is 279 g/mol. The highest BCUT2D eigenvalue weighted by molar-refractivity contribution is 8.00. The summed E-state index contributed by atoms with van der Waals surface area (Å²) in [6.07, 6.45) is 1.35. The third-order valence-corrected chi connectivity index (χ3v) is 4.50. The zero-order valence-electron chi connectivity index (χ0n) is 10.8. The number of aryl methyl sites for hydroxylation is 1. The van der Waals surface area contributed by atoms with Gasteiger partial charge in [0.25, 0.3) is 0 Å². The number of hydrogen-bond donors (Lipinski definition) is 2. The molecule has 2 unspecified atom stereocenters. The molecule has 1 aliphatic heterocycles. The van der Waals surface area contributed by atoms with Crippen LogP contribution in [0.1, 0.15) is 29.7 Å². The van der Waals surface area contributed by atoms with Crippen LogP contribution in [0.2, 0.25) is 0 Å². The number of thioether (sulfide) groups is 1. The fraction of sp³-hybridized carbons (Fsp3) is 0.429. The average molecular weight is 279 g/mol. The van der Waals surface area contributed by atoms with Gasteiger partial charge in [-0.2, -0.15) is 0 Å². The Labute approximate surface area is 116 Å². The summed E-state index contributed by atoms with van der Waals surface area (Å²) in [5.74, 6) is -0.296. The third-order valence-electron chi connectivity index (χ3n) is 3.25. The van der Waals surface area contributed by atoms with Gasteiger partial charge < -0.3 is 10.4 Å². The maximum absolute atomic E-state index is 12.2. The molecular formula is C14H17NO3S. The number of nitrogens with one attached hydrogen (secondary N) is 1.